The van der Waals surface area contributed by atoms with E-state index in [0.717, 1.165) is 24.2 Å². The van der Waals surface area contributed by atoms with Gasteiger partial charge in [0, 0.05) is 6.54 Å². The lowest BCUT2D eigenvalue weighted by molar-refractivity contribution is 0.146. The van der Waals surface area contributed by atoms with Crippen molar-refractivity contribution in [3.63, 3.8) is 0 Å². The summed E-state index contributed by atoms with van der Waals surface area (Å²) in [6, 6.07) is 3.02. The summed E-state index contributed by atoms with van der Waals surface area (Å²) in [4.78, 5) is 0. The lowest BCUT2D eigenvalue weighted by atomic mass is 9.97. The fourth-order valence-corrected chi connectivity index (χ4v) is 4.73. The average Bonchev–Trinajstić information content (AvgIpc) is 2.84. The number of rotatable bonds is 10. The topological polar surface area (TPSA) is 66.4 Å². The van der Waals surface area contributed by atoms with Crippen LogP contribution in [0.2, 0.25) is 4.34 Å². The van der Waals surface area contributed by atoms with Gasteiger partial charge >= 0.3 is 0 Å². The molecular formula is C14H24ClNO3S2. The van der Waals surface area contributed by atoms with Crippen molar-refractivity contribution in [3.8, 4) is 0 Å². The van der Waals surface area contributed by atoms with E-state index in [1.54, 1.807) is 6.07 Å². The molecule has 2 N–H and O–H groups in total. The third-order valence-corrected chi connectivity index (χ3v) is 6.44. The molecule has 1 aromatic rings. The first-order valence-corrected chi connectivity index (χ1v) is 9.96. The molecule has 0 aliphatic carbocycles. The molecule has 0 radical (unpaired) electrons. The zero-order chi connectivity index (χ0) is 15.9. The minimum atomic E-state index is -3.57. The number of aliphatic hydroxyl groups excluding tert-OH is 1. The van der Waals surface area contributed by atoms with Crippen LogP contribution in [0.3, 0.4) is 0 Å². The van der Waals surface area contributed by atoms with Gasteiger partial charge in [-0.25, -0.2) is 13.1 Å². The molecule has 1 aromatic heterocycles. The number of hydrogen-bond acceptors (Lipinski definition) is 4. The molecule has 122 valence electrons. The van der Waals surface area contributed by atoms with Crippen molar-refractivity contribution < 1.29 is 13.5 Å². The highest BCUT2D eigenvalue weighted by molar-refractivity contribution is 7.91. The Morgan fingerprint density at radius 3 is 2.67 bits per heavy atom. The van der Waals surface area contributed by atoms with E-state index in [9.17, 15) is 13.5 Å². The number of sulfonamides is 1. The Bertz CT molecular complexity index is 516. The van der Waals surface area contributed by atoms with Crippen LogP contribution in [0.5, 0.6) is 0 Å². The van der Waals surface area contributed by atoms with Crippen LogP contribution in [0.15, 0.2) is 16.3 Å². The maximum absolute atomic E-state index is 12.0. The van der Waals surface area contributed by atoms with Crippen LogP contribution < -0.4 is 4.72 Å². The van der Waals surface area contributed by atoms with Crippen LogP contribution in [0.25, 0.3) is 0 Å². The minimum Gasteiger partial charge on any atom is -0.392 e. The fourth-order valence-electron chi connectivity index (χ4n) is 2.13. The zero-order valence-electron chi connectivity index (χ0n) is 12.5. The maximum Gasteiger partial charge on any atom is 0.250 e. The molecule has 0 aliphatic heterocycles. The quantitative estimate of drug-likeness (QED) is 0.631. The van der Waals surface area contributed by atoms with Crippen LogP contribution in [0.1, 0.15) is 46.0 Å². The third-order valence-electron chi connectivity index (χ3n) is 3.30. The predicted molar refractivity (Wildman–Crippen MR) is 88.4 cm³/mol. The Morgan fingerprint density at radius 1 is 1.38 bits per heavy atom. The van der Waals surface area contributed by atoms with E-state index in [0.29, 0.717) is 16.7 Å². The van der Waals surface area contributed by atoms with E-state index in [4.69, 9.17) is 11.6 Å². The Labute approximate surface area is 136 Å². The molecule has 0 spiro atoms. The van der Waals surface area contributed by atoms with E-state index >= 15 is 0 Å². The second kappa shape index (κ2) is 9.10. The number of nitrogens with one attached hydrogen (secondary N) is 1. The van der Waals surface area contributed by atoms with E-state index in [1.165, 1.54) is 18.9 Å². The van der Waals surface area contributed by atoms with Gasteiger partial charge in [-0.15, -0.1) is 11.3 Å². The van der Waals surface area contributed by atoms with Gasteiger partial charge in [-0.3, -0.25) is 0 Å². The molecule has 4 nitrogen and oxygen atoms in total. The van der Waals surface area contributed by atoms with Crippen molar-refractivity contribution in [2.24, 2.45) is 5.92 Å². The van der Waals surface area contributed by atoms with Crippen molar-refractivity contribution in [3.05, 3.63) is 16.5 Å². The van der Waals surface area contributed by atoms with E-state index in [2.05, 4.69) is 18.6 Å². The van der Waals surface area contributed by atoms with Gasteiger partial charge in [-0.05, 0) is 24.5 Å². The van der Waals surface area contributed by atoms with Crippen molar-refractivity contribution in [2.45, 2.75) is 56.3 Å². The van der Waals surface area contributed by atoms with Gasteiger partial charge in [0.15, 0.2) is 0 Å². The molecule has 2 unspecified atom stereocenters. The lowest BCUT2D eigenvalue weighted by Gasteiger charge is -2.16. The van der Waals surface area contributed by atoms with E-state index < -0.39 is 16.1 Å². The van der Waals surface area contributed by atoms with Crippen molar-refractivity contribution >= 4 is 33.0 Å². The summed E-state index contributed by atoms with van der Waals surface area (Å²) in [6.07, 6.45) is 4.55. The number of unbranched alkanes of at least 4 members (excludes halogenated alkanes) is 2. The van der Waals surface area contributed by atoms with E-state index in [-0.39, 0.29) is 10.8 Å². The second-order valence-electron chi connectivity index (χ2n) is 5.40. The minimum absolute atomic E-state index is 0.0377. The van der Waals surface area contributed by atoms with Gasteiger partial charge in [-0.2, -0.15) is 0 Å². The number of halogens is 1. The smallest absolute Gasteiger partial charge is 0.250 e. The van der Waals surface area contributed by atoms with Crippen LogP contribution in [0, 0.1) is 5.92 Å². The van der Waals surface area contributed by atoms with Crippen LogP contribution >= 0.6 is 22.9 Å². The summed E-state index contributed by atoms with van der Waals surface area (Å²) >= 11 is 6.74. The van der Waals surface area contributed by atoms with E-state index in [1.807, 2.05) is 0 Å². The van der Waals surface area contributed by atoms with Crippen molar-refractivity contribution in [1.82, 2.24) is 4.72 Å². The molecular weight excluding hydrogens is 330 g/mol. The molecule has 0 amide bonds. The average molecular weight is 354 g/mol. The van der Waals surface area contributed by atoms with Crippen LogP contribution in [-0.4, -0.2) is 26.2 Å². The molecule has 2 atom stereocenters. The number of hydrogen-bond donors (Lipinski definition) is 2. The fraction of sp³-hybridized carbons (Fsp3) is 0.714. The number of aliphatic hydroxyl groups is 1. The number of thiophene rings is 1. The van der Waals surface area contributed by atoms with Gasteiger partial charge in [0.2, 0.25) is 10.0 Å². The Kier molecular flexibility index (Phi) is 8.19. The van der Waals surface area contributed by atoms with Gasteiger partial charge in [0.1, 0.15) is 4.21 Å². The molecule has 21 heavy (non-hydrogen) atoms. The van der Waals surface area contributed by atoms with Crippen molar-refractivity contribution in [1.29, 1.82) is 0 Å². The maximum atomic E-state index is 12.0. The Balaban J connectivity index is 2.37. The predicted octanol–water partition coefficient (Wildman–Crippen LogP) is 3.65. The molecule has 0 bridgehead atoms. The largest absolute Gasteiger partial charge is 0.392 e. The molecule has 1 rings (SSSR count). The lowest BCUT2D eigenvalue weighted by Crippen LogP contribution is -2.32. The summed E-state index contributed by atoms with van der Waals surface area (Å²) in [5.74, 6) is 0.396. The highest BCUT2D eigenvalue weighted by Crippen LogP contribution is 2.25. The normalized spacial score (nSPS) is 15.0. The molecule has 7 heteroatoms. The Hall–Kier alpha value is -0.140. The summed E-state index contributed by atoms with van der Waals surface area (Å²) in [5.41, 5.74) is 0. The first-order chi connectivity index (χ1) is 9.85. The zero-order valence-corrected chi connectivity index (χ0v) is 14.9. The van der Waals surface area contributed by atoms with Gasteiger partial charge in [-0.1, -0.05) is 51.1 Å². The molecule has 0 fully saturated rings. The third kappa shape index (κ3) is 7.10. The highest BCUT2D eigenvalue weighted by Gasteiger charge is 2.18. The first-order valence-electron chi connectivity index (χ1n) is 7.28. The van der Waals surface area contributed by atoms with Gasteiger partial charge < -0.3 is 5.11 Å². The molecule has 0 aromatic carbocycles. The first kappa shape index (κ1) is 18.9. The molecule has 0 aliphatic rings. The van der Waals surface area contributed by atoms with Gasteiger partial charge in [0.05, 0.1) is 10.4 Å². The highest BCUT2D eigenvalue weighted by atomic mass is 35.5. The van der Waals surface area contributed by atoms with Crippen molar-refractivity contribution in [2.75, 3.05) is 6.54 Å². The summed E-state index contributed by atoms with van der Waals surface area (Å²) in [7, 11) is -3.57. The van der Waals surface area contributed by atoms with Crippen LogP contribution in [-0.2, 0) is 10.0 Å². The molecule has 1 heterocycles. The SMILES string of the molecule is CCCCCC(C)CC(O)CNS(=O)(=O)c1ccc(Cl)s1. The van der Waals surface area contributed by atoms with Gasteiger partial charge in [0.25, 0.3) is 0 Å². The second-order valence-corrected chi connectivity index (χ2v) is 9.11. The summed E-state index contributed by atoms with van der Waals surface area (Å²) in [6.45, 7) is 4.29. The summed E-state index contributed by atoms with van der Waals surface area (Å²) < 4.78 is 27.0. The monoisotopic (exact) mass is 353 g/mol. The molecule has 0 saturated heterocycles. The summed E-state index contributed by atoms with van der Waals surface area (Å²) in [5, 5.41) is 9.94. The molecule has 0 saturated carbocycles. The van der Waals surface area contributed by atoms with Crippen LogP contribution in [0.4, 0.5) is 0 Å². The Morgan fingerprint density at radius 2 is 2.10 bits per heavy atom. The standard InChI is InChI=1S/C14H24ClNO3S2/c1-3-4-5-6-11(2)9-12(17)10-16-21(18,19)14-8-7-13(15)20-14/h7-8,11-12,16-17H,3-6,9-10H2,1-2H3.